The number of anilines is 1. The van der Waals surface area contributed by atoms with Gasteiger partial charge < -0.3 is 14.9 Å². The molecular formula is C30H30ClFN6O3. The maximum atomic E-state index is 15.0. The van der Waals surface area contributed by atoms with E-state index in [9.17, 15) is 14.7 Å². The molecule has 0 bridgehead atoms. The molecule has 11 heteroatoms. The topological polar surface area (TPSA) is 104 Å². The summed E-state index contributed by atoms with van der Waals surface area (Å²) < 4.78 is 16.4. The van der Waals surface area contributed by atoms with Crippen molar-refractivity contribution in [1.82, 2.24) is 24.4 Å². The molecule has 0 saturated carbocycles. The van der Waals surface area contributed by atoms with Crippen LogP contribution in [0.5, 0.6) is 5.75 Å². The van der Waals surface area contributed by atoms with Crippen LogP contribution in [0.2, 0.25) is 5.02 Å². The number of hydrogen-bond acceptors (Lipinski definition) is 7. The maximum absolute atomic E-state index is 15.0. The van der Waals surface area contributed by atoms with Gasteiger partial charge in [0.05, 0.1) is 33.0 Å². The smallest absolute Gasteiger partial charge is 0.355 e. The van der Waals surface area contributed by atoms with Crippen molar-refractivity contribution < 1.29 is 14.3 Å². The van der Waals surface area contributed by atoms with Gasteiger partial charge in [-0.1, -0.05) is 38.1 Å². The van der Waals surface area contributed by atoms with Gasteiger partial charge in [0.25, 0.3) is 0 Å². The standard InChI is InChI=1S/C30H30ClFN6O3/c1-6-24(40)36-12-13-37(17(4)15-36)28-20-14-21(31)26(25-22(32)8-7-9-23(25)39)34-29(20)38(30(41)35-28)27-18(5)33-11-10-19(27)16(2)3/h6-11,14,16-17,39H,1,12-13,15H2,2-5H3. The van der Waals surface area contributed by atoms with Crippen molar-refractivity contribution in [3.63, 3.8) is 0 Å². The van der Waals surface area contributed by atoms with E-state index in [4.69, 9.17) is 16.6 Å². The number of carbonyl (C=O) groups is 1. The average molecular weight is 577 g/mol. The monoisotopic (exact) mass is 576 g/mol. The molecule has 4 heterocycles. The minimum absolute atomic E-state index is 0.0119. The Balaban J connectivity index is 1.83. The van der Waals surface area contributed by atoms with E-state index in [2.05, 4.69) is 16.5 Å². The third-order valence-electron chi connectivity index (χ3n) is 7.40. The summed E-state index contributed by atoms with van der Waals surface area (Å²) in [7, 11) is 0. The van der Waals surface area contributed by atoms with Crippen LogP contribution in [0.4, 0.5) is 10.2 Å². The number of carbonyl (C=O) groups excluding carboxylic acids is 1. The van der Waals surface area contributed by atoms with Gasteiger partial charge in [0.15, 0.2) is 5.65 Å². The molecule has 212 valence electrons. The van der Waals surface area contributed by atoms with E-state index >= 15 is 4.39 Å². The minimum atomic E-state index is -0.709. The van der Waals surface area contributed by atoms with Gasteiger partial charge in [-0.05, 0) is 55.7 Å². The van der Waals surface area contributed by atoms with Gasteiger partial charge >= 0.3 is 5.69 Å². The Hall–Kier alpha value is -4.31. The van der Waals surface area contributed by atoms with Crippen molar-refractivity contribution >= 4 is 34.4 Å². The number of aryl methyl sites for hydroxylation is 1. The highest BCUT2D eigenvalue weighted by atomic mass is 35.5. The van der Waals surface area contributed by atoms with Crippen molar-refractivity contribution in [2.24, 2.45) is 0 Å². The van der Waals surface area contributed by atoms with E-state index in [1.54, 1.807) is 24.1 Å². The van der Waals surface area contributed by atoms with E-state index in [0.717, 1.165) is 5.56 Å². The molecule has 1 amide bonds. The molecule has 1 saturated heterocycles. The summed E-state index contributed by atoms with van der Waals surface area (Å²) in [6, 6.07) is 7.18. The fraction of sp³-hybridized carbons (Fsp3) is 0.300. The highest BCUT2D eigenvalue weighted by molar-refractivity contribution is 6.34. The highest BCUT2D eigenvalue weighted by Gasteiger charge is 2.30. The first-order chi connectivity index (χ1) is 19.5. The Morgan fingerprint density at radius 2 is 2.00 bits per heavy atom. The third kappa shape index (κ3) is 4.93. The van der Waals surface area contributed by atoms with Gasteiger partial charge in [0, 0.05) is 31.9 Å². The first kappa shape index (κ1) is 28.2. The van der Waals surface area contributed by atoms with Crippen molar-refractivity contribution in [2.75, 3.05) is 24.5 Å². The molecule has 1 fully saturated rings. The van der Waals surface area contributed by atoms with Crippen molar-refractivity contribution in [3.05, 3.63) is 81.8 Å². The Morgan fingerprint density at radius 3 is 2.66 bits per heavy atom. The molecule has 1 aliphatic heterocycles. The van der Waals surface area contributed by atoms with Crippen LogP contribution in [-0.4, -0.2) is 61.1 Å². The lowest BCUT2D eigenvalue weighted by atomic mass is 10.0. The van der Waals surface area contributed by atoms with Crippen LogP contribution in [0.15, 0.2) is 54.0 Å². The number of phenolic OH excluding ortho intramolecular Hbond substituents is 1. The predicted molar refractivity (Wildman–Crippen MR) is 157 cm³/mol. The molecule has 4 aromatic rings. The molecule has 1 aromatic carbocycles. The molecule has 41 heavy (non-hydrogen) atoms. The Labute approximate surface area is 241 Å². The number of aromatic hydroxyl groups is 1. The number of nitrogens with zero attached hydrogens (tertiary/aromatic N) is 6. The van der Waals surface area contributed by atoms with Crippen LogP contribution in [0.3, 0.4) is 0 Å². The van der Waals surface area contributed by atoms with E-state index in [1.807, 2.05) is 31.7 Å². The Bertz CT molecular complexity index is 1730. The van der Waals surface area contributed by atoms with Crippen LogP contribution in [0.1, 0.15) is 37.9 Å². The Kier molecular flexibility index (Phi) is 7.52. The lowest BCUT2D eigenvalue weighted by Gasteiger charge is -2.40. The number of phenols is 1. The molecule has 9 nitrogen and oxygen atoms in total. The van der Waals surface area contributed by atoms with Gasteiger partial charge in [-0.15, -0.1) is 0 Å². The van der Waals surface area contributed by atoms with E-state index in [1.165, 1.54) is 28.8 Å². The number of piperazine rings is 1. The largest absolute Gasteiger partial charge is 0.507 e. The van der Waals surface area contributed by atoms with E-state index in [0.29, 0.717) is 42.2 Å². The molecule has 1 unspecified atom stereocenters. The number of benzene rings is 1. The summed E-state index contributed by atoms with van der Waals surface area (Å²) in [5, 5.41) is 11.1. The number of pyridine rings is 2. The molecule has 1 N–H and O–H groups in total. The maximum Gasteiger partial charge on any atom is 0.355 e. The van der Waals surface area contributed by atoms with Gasteiger partial charge in [-0.3, -0.25) is 9.78 Å². The van der Waals surface area contributed by atoms with Crippen molar-refractivity contribution in [1.29, 1.82) is 0 Å². The third-order valence-corrected chi connectivity index (χ3v) is 7.69. The zero-order valence-corrected chi connectivity index (χ0v) is 24.0. The fourth-order valence-corrected chi connectivity index (χ4v) is 5.63. The predicted octanol–water partition coefficient (Wildman–Crippen LogP) is 5.00. The molecule has 0 spiro atoms. The number of halogens is 2. The van der Waals surface area contributed by atoms with Crippen LogP contribution in [0, 0.1) is 12.7 Å². The molecule has 5 rings (SSSR count). The van der Waals surface area contributed by atoms with Crippen LogP contribution >= 0.6 is 11.6 Å². The molecule has 1 atom stereocenters. The molecular weight excluding hydrogens is 547 g/mol. The van der Waals surface area contributed by atoms with E-state index < -0.39 is 11.5 Å². The zero-order valence-electron chi connectivity index (χ0n) is 23.2. The summed E-state index contributed by atoms with van der Waals surface area (Å²) in [5.41, 5.74) is 1.39. The quantitative estimate of drug-likeness (QED) is 0.334. The highest BCUT2D eigenvalue weighted by Crippen LogP contribution is 2.39. The van der Waals surface area contributed by atoms with Crippen LogP contribution < -0.4 is 10.6 Å². The summed E-state index contributed by atoms with van der Waals surface area (Å²) in [6.45, 7) is 12.5. The number of amides is 1. The molecule has 0 aliphatic carbocycles. The van der Waals surface area contributed by atoms with E-state index in [-0.39, 0.29) is 45.5 Å². The zero-order chi connectivity index (χ0) is 29.6. The van der Waals surface area contributed by atoms with Gasteiger partial charge in [-0.2, -0.15) is 4.98 Å². The van der Waals surface area contributed by atoms with Gasteiger partial charge in [0.2, 0.25) is 5.91 Å². The minimum Gasteiger partial charge on any atom is -0.507 e. The molecule has 0 radical (unpaired) electrons. The lowest BCUT2D eigenvalue weighted by molar-refractivity contribution is -0.126. The van der Waals surface area contributed by atoms with Crippen molar-refractivity contribution in [3.8, 4) is 22.7 Å². The molecule has 1 aliphatic rings. The number of aromatic nitrogens is 4. The second-order valence-corrected chi connectivity index (χ2v) is 10.8. The molecule has 3 aromatic heterocycles. The summed E-state index contributed by atoms with van der Waals surface area (Å²) in [5.74, 6) is -0.827. The average Bonchev–Trinajstić information content (AvgIpc) is 2.93. The first-order valence-corrected chi connectivity index (χ1v) is 13.7. The van der Waals surface area contributed by atoms with Crippen molar-refractivity contribution in [2.45, 2.75) is 39.7 Å². The number of fused-ring (bicyclic) bond motifs is 1. The number of rotatable bonds is 5. The normalized spacial score (nSPS) is 15.5. The van der Waals surface area contributed by atoms with Gasteiger partial charge in [0.1, 0.15) is 17.4 Å². The summed E-state index contributed by atoms with van der Waals surface area (Å²) >= 11 is 6.71. The second kappa shape index (κ2) is 10.9. The number of hydrogen-bond donors (Lipinski definition) is 1. The Morgan fingerprint density at radius 1 is 1.24 bits per heavy atom. The lowest BCUT2D eigenvalue weighted by Crippen LogP contribution is -2.54. The summed E-state index contributed by atoms with van der Waals surface area (Å²) in [4.78, 5) is 43.5. The SMILES string of the molecule is C=CC(=O)N1CCN(c2nc(=O)n(-c3c(C(C)C)ccnc3C)c3nc(-c4c(O)cccc4F)c(Cl)cc23)C(C)C1. The van der Waals surface area contributed by atoms with Crippen LogP contribution in [-0.2, 0) is 4.79 Å². The fourth-order valence-electron chi connectivity index (χ4n) is 5.39. The first-order valence-electron chi connectivity index (χ1n) is 13.3. The van der Waals surface area contributed by atoms with Gasteiger partial charge in [-0.25, -0.2) is 18.7 Å². The second-order valence-electron chi connectivity index (χ2n) is 10.4. The van der Waals surface area contributed by atoms with Crippen LogP contribution in [0.25, 0.3) is 28.0 Å². The summed E-state index contributed by atoms with van der Waals surface area (Å²) in [6.07, 6.45) is 2.96.